The van der Waals surface area contributed by atoms with E-state index in [0.29, 0.717) is 18.0 Å². The first-order valence-electron chi connectivity index (χ1n) is 9.30. The van der Waals surface area contributed by atoms with Crippen molar-refractivity contribution in [2.24, 2.45) is 0 Å². The average molecular weight is 471 g/mol. The van der Waals surface area contributed by atoms with Crippen LogP contribution in [0.2, 0.25) is 0 Å². The molecule has 1 saturated heterocycles. The van der Waals surface area contributed by atoms with Crippen molar-refractivity contribution in [2.45, 2.75) is 38.5 Å². The lowest BCUT2D eigenvalue weighted by molar-refractivity contribution is -0.138. The molecule has 3 heterocycles. The smallest absolute Gasteiger partial charge is 0.387 e. The molecule has 1 aromatic heterocycles. The highest BCUT2D eigenvalue weighted by Gasteiger charge is 2.35. The maximum Gasteiger partial charge on any atom is 0.387 e. The van der Waals surface area contributed by atoms with Gasteiger partial charge in [-0.15, -0.1) is 11.3 Å². The summed E-state index contributed by atoms with van der Waals surface area (Å²) in [7, 11) is 0. The molecule has 8 heteroatoms. The summed E-state index contributed by atoms with van der Waals surface area (Å²) < 4.78 is 30.5. The lowest BCUT2D eigenvalue weighted by Crippen LogP contribution is -2.61. The normalized spacial score (nSPS) is 17.5. The SMILES string of the molecule is O=C(CCc1cc(Br)ccc1OC(F)F)N1CC(N2CCc3sccc3C2)C1. The number of carbonyl (C=O) groups is 1. The van der Waals surface area contributed by atoms with Crippen molar-refractivity contribution < 1.29 is 18.3 Å². The van der Waals surface area contributed by atoms with Crippen molar-refractivity contribution in [3.05, 3.63) is 50.1 Å². The van der Waals surface area contributed by atoms with Crippen LogP contribution in [-0.2, 0) is 24.2 Å². The molecule has 0 bridgehead atoms. The third-order valence-electron chi connectivity index (χ3n) is 5.42. The van der Waals surface area contributed by atoms with E-state index in [1.165, 1.54) is 16.5 Å². The number of carbonyl (C=O) groups excluding carboxylic acids is 1. The molecule has 0 unspecified atom stereocenters. The number of benzene rings is 1. The zero-order valence-electron chi connectivity index (χ0n) is 15.2. The molecule has 4 nitrogen and oxygen atoms in total. The summed E-state index contributed by atoms with van der Waals surface area (Å²) in [6.07, 6.45) is 1.76. The highest BCUT2D eigenvalue weighted by molar-refractivity contribution is 9.10. The topological polar surface area (TPSA) is 32.8 Å². The molecule has 28 heavy (non-hydrogen) atoms. The Morgan fingerprint density at radius 2 is 2.14 bits per heavy atom. The molecular formula is C20H21BrF2N2O2S. The molecule has 0 aliphatic carbocycles. The molecule has 2 aromatic rings. The summed E-state index contributed by atoms with van der Waals surface area (Å²) in [5.74, 6) is 0.194. The van der Waals surface area contributed by atoms with Crippen LogP contribution in [0.25, 0.3) is 0 Å². The molecule has 0 atom stereocenters. The second-order valence-corrected chi connectivity index (χ2v) is 9.09. The van der Waals surface area contributed by atoms with E-state index in [1.54, 1.807) is 12.1 Å². The average Bonchev–Trinajstić information content (AvgIpc) is 3.08. The molecule has 0 N–H and O–H groups in total. The summed E-state index contributed by atoms with van der Waals surface area (Å²) in [5, 5.41) is 2.15. The fraction of sp³-hybridized carbons (Fsp3) is 0.450. The van der Waals surface area contributed by atoms with E-state index in [0.717, 1.165) is 37.1 Å². The van der Waals surface area contributed by atoms with Gasteiger partial charge < -0.3 is 9.64 Å². The van der Waals surface area contributed by atoms with Crippen LogP contribution < -0.4 is 4.74 Å². The Balaban J connectivity index is 1.28. The number of thiophene rings is 1. The second-order valence-electron chi connectivity index (χ2n) is 7.17. The number of amides is 1. The summed E-state index contributed by atoms with van der Waals surface area (Å²) in [6, 6.07) is 7.51. The van der Waals surface area contributed by atoms with Gasteiger partial charge >= 0.3 is 6.61 Å². The Labute approximate surface area is 175 Å². The number of hydrogen-bond donors (Lipinski definition) is 0. The molecule has 0 radical (unpaired) electrons. The van der Waals surface area contributed by atoms with Gasteiger partial charge in [0.25, 0.3) is 0 Å². The van der Waals surface area contributed by atoms with Crippen LogP contribution in [-0.4, -0.2) is 48.0 Å². The Bertz CT molecular complexity index is 854. The van der Waals surface area contributed by atoms with E-state index in [2.05, 4.69) is 37.0 Å². The lowest BCUT2D eigenvalue weighted by Gasteiger charge is -2.46. The van der Waals surface area contributed by atoms with E-state index in [4.69, 9.17) is 0 Å². The van der Waals surface area contributed by atoms with Crippen molar-refractivity contribution in [1.82, 2.24) is 9.80 Å². The summed E-state index contributed by atoms with van der Waals surface area (Å²) in [4.78, 5) is 18.3. The van der Waals surface area contributed by atoms with Crippen LogP contribution in [0.15, 0.2) is 34.1 Å². The van der Waals surface area contributed by atoms with Crippen molar-refractivity contribution in [2.75, 3.05) is 19.6 Å². The zero-order chi connectivity index (χ0) is 19.7. The van der Waals surface area contributed by atoms with Crippen LogP contribution in [0.5, 0.6) is 5.75 Å². The molecule has 150 valence electrons. The number of aryl methyl sites for hydroxylation is 1. The van der Waals surface area contributed by atoms with Gasteiger partial charge in [0.15, 0.2) is 0 Å². The summed E-state index contributed by atoms with van der Waals surface area (Å²) in [6.45, 7) is 0.638. The van der Waals surface area contributed by atoms with Crippen LogP contribution in [0.1, 0.15) is 22.4 Å². The van der Waals surface area contributed by atoms with Gasteiger partial charge in [-0.2, -0.15) is 8.78 Å². The standard InChI is InChI=1S/C20H21BrF2N2O2S/c21-15-2-3-17(27-20(22)23)13(9-15)1-4-19(26)25-11-16(12-25)24-7-5-18-14(10-24)6-8-28-18/h2-3,6,8-9,16,20H,1,4-5,7,10-12H2. The number of nitrogens with zero attached hydrogens (tertiary/aromatic N) is 2. The van der Waals surface area contributed by atoms with E-state index < -0.39 is 6.61 Å². The van der Waals surface area contributed by atoms with Gasteiger partial charge in [-0.25, -0.2) is 0 Å². The third kappa shape index (κ3) is 4.39. The van der Waals surface area contributed by atoms with Crippen LogP contribution >= 0.6 is 27.3 Å². The van der Waals surface area contributed by atoms with E-state index in [-0.39, 0.29) is 18.1 Å². The van der Waals surface area contributed by atoms with Crippen molar-refractivity contribution >= 4 is 33.2 Å². The number of alkyl halides is 2. The first-order valence-corrected chi connectivity index (χ1v) is 11.0. The minimum atomic E-state index is -2.87. The van der Waals surface area contributed by atoms with Crippen LogP contribution in [0.3, 0.4) is 0 Å². The summed E-state index contributed by atoms with van der Waals surface area (Å²) in [5.41, 5.74) is 2.03. The number of likely N-dealkylation sites (tertiary alicyclic amines) is 1. The maximum atomic E-state index is 12.6. The van der Waals surface area contributed by atoms with Gasteiger partial charge in [-0.1, -0.05) is 15.9 Å². The maximum absolute atomic E-state index is 12.6. The molecular weight excluding hydrogens is 450 g/mol. The largest absolute Gasteiger partial charge is 0.435 e. The van der Waals surface area contributed by atoms with Gasteiger partial charge in [0, 0.05) is 48.0 Å². The van der Waals surface area contributed by atoms with Crippen molar-refractivity contribution in [1.29, 1.82) is 0 Å². The monoisotopic (exact) mass is 470 g/mol. The number of ether oxygens (including phenoxy) is 1. The van der Waals surface area contributed by atoms with Crippen LogP contribution in [0.4, 0.5) is 8.78 Å². The predicted molar refractivity (Wildman–Crippen MR) is 108 cm³/mol. The quantitative estimate of drug-likeness (QED) is 0.630. The van der Waals surface area contributed by atoms with Crippen molar-refractivity contribution in [3.8, 4) is 5.75 Å². The Morgan fingerprint density at radius 1 is 1.32 bits per heavy atom. The van der Waals surface area contributed by atoms with Crippen LogP contribution in [0, 0.1) is 0 Å². The van der Waals surface area contributed by atoms with E-state index in [1.807, 2.05) is 16.2 Å². The Hall–Kier alpha value is -1.51. The first kappa shape index (κ1) is 19.8. The number of rotatable bonds is 6. The first-order chi connectivity index (χ1) is 13.5. The molecule has 2 aliphatic rings. The lowest BCUT2D eigenvalue weighted by atomic mass is 10.0. The molecule has 0 saturated carbocycles. The van der Waals surface area contributed by atoms with Gasteiger partial charge in [0.05, 0.1) is 0 Å². The third-order valence-corrected chi connectivity index (χ3v) is 6.93. The van der Waals surface area contributed by atoms with Gasteiger partial charge in [-0.3, -0.25) is 9.69 Å². The number of halogens is 3. The number of fused-ring (bicyclic) bond motifs is 1. The molecule has 2 aliphatic heterocycles. The zero-order valence-corrected chi connectivity index (χ0v) is 17.6. The Kier molecular flexibility index (Phi) is 5.99. The predicted octanol–water partition coefficient (Wildman–Crippen LogP) is 4.31. The highest BCUT2D eigenvalue weighted by Crippen LogP contribution is 2.29. The fourth-order valence-corrected chi connectivity index (χ4v) is 5.12. The molecule has 0 spiro atoms. The molecule has 1 aromatic carbocycles. The minimum Gasteiger partial charge on any atom is -0.435 e. The molecule has 1 amide bonds. The van der Waals surface area contributed by atoms with Gasteiger partial charge in [0.2, 0.25) is 5.91 Å². The van der Waals surface area contributed by atoms with E-state index >= 15 is 0 Å². The van der Waals surface area contributed by atoms with Crippen molar-refractivity contribution in [3.63, 3.8) is 0 Å². The fourth-order valence-electron chi connectivity index (χ4n) is 3.83. The highest BCUT2D eigenvalue weighted by atomic mass is 79.9. The summed E-state index contributed by atoms with van der Waals surface area (Å²) >= 11 is 5.17. The number of hydrogen-bond acceptors (Lipinski definition) is 4. The second kappa shape index (κ2) is 8.47. The Morgan fingerprint density at radius 3 is 2.93 bits per heavy atom. The minimum absolute atomic E-state index is 0.0625. The molecule has 4 rings (SSSR count). The van der Waals surface area contributed by atoms with Gasteiger partial charge in [-0.05, 0) is 53.6 Å². The molecule has 1 fully saturated rings. The van der Waals surface area contributed by atoms with Gasteiger partial charge in [0.1, 0.15) is 5.75 Å². The van der Waals surface area contributed by atoms with E-state index in [9.17, 15) is 13.6 Å².